The van der Waals surface area contributed by atoms with E-state index in [9.17, 15) is 5.11 Å². The van der Waals surface area contributed by atoms with Crippen LogP contribution in [0.1, 0.15) is 51.4 Å². The highest BCUT2D eigenvalue weighted by atomic mass is 16.3. The number of aliphatic hydroxyl groups excluding tert-OH is 1. The van der Waals surface area contributed by atoms with Gasteiger partial charge in [-0.25, -0.2) is 0 Å². The maximum absolute atomic E-state index is 9.23. The zero-order chi connectivity index (χ0) is 10.5. The molecule has 1 heterocycles. The smallest absolute Gasteiger partial charge is 0.0460 e. The SMILES string of the molecule is OCC1CCNC(C2CCCCCC2)C1. The second-order valence-electron chi connectivity index (χ2n) is 5.39. The lowest BCUT2D eigenvalue weighted by Gasteiger charge is -2.34. The molecule has 0 aromatic rings. The van der Waals surface area contributed by atoms with E-state index < -0.39 is 0 Å². The Morgan fingerprint density at radius 2 is 1.73 bits per heavy atom. The third kappa shape index (κ3) is 3.18. The van der Waals surface area contributed by atoms with Crippen molar-refractivity contribution in [2.24, 2.45) is 11.8 Å². The molecule has 0 amide bonds. The molecule has 2 heteroatoms. The number of aliphatic hydroxyl groups is 1. The molecule has 1 aliphatic heterocycles. The van der Waals surface area contributed by atoms with E-state index in [1.54, 1.807) is 0 Å². The molecule has 1 saturated carbocycles. The zero-order valence-corrected chi connectivity index (χ0v) is 9.75. The van der Waals surface area contributed by atoms with Gasteiger partial charge in [0.15, 0.2) is 0 Å². The van der Waals surface area contributed by atoms with Crippen LogP contribution in [0.25, 0.3) is 0 Å². The van der Waals surface area contributed by atoms with Gasteiger partial charge in [-0.1, -0.05) is 25.7 Å². The second-order valence-corrected chi connectivity index (χ2v) is 5.39. The summed E-state index contributed by atoms with van der Waals surface area (Å²) in [4.78, 5) is 0. The number of nitrogens with one attached hydrogen (secondary N) is 1. The van der Waals surface area contributed by atoms with Gasteiger partial charge in [0, 0.05) is 12.6 Å². The predicted molar refractivity (Wildman–Crippen MR) is 62.8 cm³/mol. The van der Waals surface area contributed by atoms with Gasteiger partial charge in [0.25, 0.3) is 0 Å². The van der Waals surface area contributed by atoms with Gasteiger partial charge < -0.3 is 10.4 Å². The Bertz CT molecular complexity index is 175. The molecule has 0 spiro atoms. The summed E-state index contributed by atoms with van der Waals surface area (Å²) in [7, 11) is 0. The minimum absolute atomic E-state index is 0.394. The normalized spacial score (nSPS) is 35.0. The zero-order valence-electron chi connectivity index (χ0n) is 9.75. The summed E-state index contributed by atoms with van der Waals surface area (Å²) in [5, 5.41) is 12.9. The molecule has 0 radical (unpaired) electrons. The molecule has 2 atom stereocenters. The largest absolute Gasteiger partial charge is 0.396 e. The van der Waals surface area contributed by atoms with Crippen molar-refractivity contribution in [3.05, 3.63) is 0 Å². The summed E-state index contributed by atoms with van der Waals surface area (Å²) in [5.41, 5.74) is 0. The monoisotopic (exact) mass is 211 g/mol. The van der Waals surface area contributed by atoms with Crippen molar-refractivity contribution in [2.75, 3.05) is 13.2 Å². The highest BCUT2D eigenvalue weighted by Gasteiger charge is 2.27. The molecule has 88 valence electrons. The standard InChI is InChI=1S/C13H25NO/c15-10-11-7-8-14-13(9-11)12-5-3-1-2-4-6-12/h11-15H,1-10H2. The van der Waals surface area contributed by atoms with Crippen LogP contribution >= 0.6 is 0 Å². The van der Waals surface area contributed by atoms with Crippen molar-refractivity contribution in [1.82, 2.24) is 5.32 Å². The van der Waals surface area contributed by atoms with Gasteiger partial charge >= 0.3 is 0 Å². The fourth-order valence-corrected chi connectivity index (χ4v) is 3.27. The minimum Gasteiger partial charge on any atom is -0.396 e. The van der Waals surface area contributed by atoms with E-state index in [1.165, 1.54) is 51.4 Å². The molecule has 0 bridgehead atoms. The maximum atomic E-state index is 9.23. The van der Waals surface area contributed by atoms with E-state index in [2.05, 4.69) is 5.32 Å². The minimum atomic E-state index is 0.394. The summed E-state index contributed by atoms with van der Waals surface area (Å²) < 4.78 is 0. The molecule has 2 aliphatic rings. The third-order valence-electron chi connectivity index (χ3n) is 4.27. The Morgan fingerprint density at radius 1 is 1.00 bits per heavy atom. The first-order valence-corrected chi connectivity index (χ1v) is 6.74. The lowest BCUT2D eigenvalue weighted by Crippen LogP contribution is -2.43. The first-order valence-electron chi connectivity index (χ1n) is 6.74. The summed E-state index contributed by atoms with van der Waals surface area (Å²) in [5.74, 6) is 1.46. The Hall–Kier alpha value is -0.0800. The van der Waals surface area contributed by atoms with E-state index >= 15 is 0 Å². The molecule has 1 aliphatic carbocycles. The predicted octanol–water partition coefficient (Wildman–Crippen LogP) is 2.32. The van der Waals surface area contributed by atoms with Crippen molar-refractivity contribution < 1.29 is 5.11 Å². The first-order chi connectivity index (χ1) is 7.40. The average Bonchev–Trinajstić information content (AvgIpc) is 2.58. The van der Waals surface area contributed by atoms with Crippen LogP contribution in [0, 0.1) is 11.8 Å². The molecule has 2 fully saturated rings. The lowest BCUT2D eigenvalue weighted by molar-refractivity contribution is 0.150. The molecular weight excluding hydrogens is 186 g/mol. The van der Waals surface area contributed by atoms with Crippen LogP contribution in [0.2, 0.25) is 0 Å². The topological polar surface area (TPSA) is 32.3 Å². The van der Waals surface area contributed by atoms with Crippen LogP contribution in [0.15, 0.2) is 0 Å². The van der Waals surface area contributed by atoms with Crippen LogP contribution < -0.4 is 5.32 Å². The van der Waals surface area contributed by atoms with E-state index in [1.807, 2.05) is 0 Å². The molecule has 2 rings (SSSR count). The summed E-state index contributed by atoms with van der Waals surface area (Å²) >= 11 is 0. The number of piperidine rings is 1. The highest BCUT2D eigenvalue weighted by Crippen LogP contribution is 2.30. The Morgan fingerprint density at radius 3 is 2.40 bits per heavy atom. The summed E-state index contributed by atoms with van der Waals surface area (Å²) in [6.07, 6.45) is 10.9. The van der Waals surface area contributed by atoms with Crippen molar-refractivity contribution in [3.8, 4) is 0 Å². The van der Waals surface area contributed by atoms with Gasteiger partial charge in [-0.3, -0.25) is 0 Å². The van der Waals surface area contributed by atoms with Gasteiger partial charge in [-0.15, -0.1) is 0 Å². The Balaban J connectivity index is 1.84. The summed E-state index contributed by atoms with van der Waals surface area (Å²) in [6.45, 7) is 1.51. The molecule has 0 aromatic carbocycles. The van der Waals surface area contributed by atoms with Gasteiger partial charge in [-0.2, -0.15) is 0 Å². The van der Waals surface area contributed by atoms with Crippen LogP contribution in [0.3, 0.4) is 0 Å². The summed E-state index contributed by atoms with van der Waals surface area (Å²) in [6, 6.07) is 0.703. The molecule has 2 unspecified atom stereocenters. The molecule has 2 N–H and O–H groups in total. The Kier molecular flexibility index (Phi) is 4.45. The highest BCUT2D eigenvalue weighted by molar-refractivity contribution is 4.84. The van der Waals surface area contributed by atoms with Crippen LogP contribution in [0.4, 0.5) is 0 Å². The van der Waals surface area contributed by atoms with Crippen molar-refractivity contribution >= 4 is 0 Å². The molecule has 1 saturated heterocycles. The second kappa shape index (κ2) is 5.86. The Labute approximate surface area is 93.5 Å². The number of hydrogen-bond acceptors (Lipinski definition) is 2. The van der Waals surface area contributed by atoms with Crippen molar-refractivity contribution in [1.29, 1.82) is 0 Å². The quantitative estimate of drug-likeness (QED) is 0.687. The fourth-order valence-electron chi connectivity index (χ4n) is 3.27. The van der Waals surface area contributed by atoms with E-state index in [0.29, 0.717) is 18.6 Å². The lowest BCUT2D eigenvalue weighted by atomic mass is 9.82. The van der Waals surface area contributed by atoms with E-state index in [-0.39, 0.29) is 0 Å². The molecule has 2 nitrogen and oxygen atoms in total. The molecule has 0 aromatic heterocycles. The molecular formula is C13H25NO. The number of hydrogen-bond donors (Lipinski definition) is 2. The molecule has 15 heavy (non-hydrogen) atoms. The van der Waals surface area contributed by atoms with Crippen molar-refractivity contribution in [3.63, 3.8) is 0 Å². The van der Waals surface area contributed by atoms with E-state index in [0.717, 1.165) is 12.5 Å². The van der Waals surface area contributed by atoms with Crippen LogP contribution in [-0.2, 0) is 0 Å². The third-order valence-corrected chi connectivity index (χ3v) is 4.27. The van der Waals surface area contributed by atoms with Crippen molar-refractivity contribution in [2.45, 2.75) is 57.4 Å². The van der Waals surface area contributed by atoms with Gasteiger partial charge in [0.05, 0.1) is 0 Å². The van der Waals surface area contributed by atoms with Crippen LogP contribution in [0.5, 0.6) is 0 Å². The van der Waals surface area contributed by atoms with Gasteiger partial charge in [-0.05, 0) is 44.1 Å². The average molecular weight is 211 g/mol. The van der Waals surface area contributed by atoms with Crippen LogP contribution in [-0.4, -0.2) is 24.3 Å². The maximum Gasteiger partial charge on any atom is 0.0460 e. The van der Waals surface area contributed by atoms with Gasteiger partial charge in [0.1, 0.15) is 0 Å². The van der Waals surface area contributed by atoms with Gasteiger partial charge in [0.2, 0.25) is 0 Å². The first kappa shape index (κ1) is 11.4. The fraction of sp³-hybridized carbons (Fsp3) is 1.00. The van der Waals surface area contributed by atoms with E-state index in [4.69, 9.17) is 0 Å². The number of rotatable bonds is 2.